The average Bonchev–Trinajstić information content (AvgIpc) is 3.12. The van der Waals surface area contributed by atoms with Crippen LogP contribution in [0.2, 0.25) is 0 Å². The van der Waals surface area contributed by atoms with Gasteiger partial charge < -0.3 is 19.9 Å². The molecule has 0 spiro atoms. The van der Waals surface area contributed by atoms with Gasteiger partial charge in [0.15, 0.2) is 0 Å². The maximum Gasteiger partial charge on any atom is 0.224 e. The summed E-state index contributed by atoms with van der Waals surface area (Å²) in [6.45, 7) is 12.2. The Kier molecular flexibility index (Phi) is 8.92. The van der Waals surface area contributed by atoms with E-state index in [1.54, 1.807) is 0 Å². The summed E-state index contributed by atoms with van der Waals surface area (Å²) in [5.41, 5.74) is 2.75. The van der Waals surface area contributed by atoms with Crippen LogP contribution >= 0.6 is 0 Å². The molecule has 0 bridgehead atoms. The lowest BCUT2D eigenvalue weighted by atomic mass is 9.91. The molecule has 1 saturated heterocycles. The molecule has 6 heteroatoms. The summed E-state index contributed by atoms with van der Waals surface area (Å²) in [5, 5.41) is 3.01. The van der Waals surface area contributed by atoms with Crippen molar-refractivity contribution in [2.24, 2.45) is 11.3 Å². The summed E-state index contributed by atoms with van der Waals surface area (Å²) in [4.78, 5) is 29.5. The number of rotatable bonds is 9. The van der Waals surface area contributed by atoms with Crippen LogP contribution in [0.1, 0.15) is 65.9 Å². The van der Waals surface area contributed by atoms with E-state index in [1.165, 1.54) is 0 Å². The Morgan fingerprint density at radius 3 is 2.48 bits per heavy atom. The molecule has 1 atom stereocenters. The summed E-state index contributed by atoms with van der Waals surface area (Å²) < 4.78 is 5.83. The molecule has 1 aliphatic rings. The third-order valence-corrected chi connectivity index (χ3v) is 5.28. The van der Waals surface area contributed by atoms with Crippen molar-refractivity contribution in [3.05, 3.63) is 23.8 Å². The zero-order valence-corrected chi connectivity index (χ0v) is 20.5. The number of anilines is 2. The first kappa shape index (κ1) is 25.2. The van der Waals surface area contributed by atoms with Gasteiger partial charge in [-0.2, -0.15) is 0 Å². The fraction of sp³-hybridized carbons (Fsp3) is 0.680. The molecule has 174 valence electrons. The third kappa shape index (κ3) is 8.52. The van der Waals surface area contributed by atoms with E-state index in [2.05, 4.69) is 26.1 Å². The number of carbonyl (C=O) groups excluding carboxylic acids is 2. The van der Waals surface area contributed by atoms with Crippen molar-refractivity contribution in [2.45, 2.75) is 73.0 Å². The Bertz CT molecular complexity index is 747. The van der Waals surface area contributed by atoms with E-state index < -0.39 is 0 Å². The first-order valence-corrected chi connectivity index (χ1v) is 11.4. The number of nitrogens with one attached hydrogen (secondary N) is 1. The zero-order chi connectivity index (χ0) is 23.2. The van der Waals surface area contributed by atoms with Gasteiger partial charge in [0.25, 0.3) is 0 Å². The highest BCUT2D eigenvalue weighted by Crippen LogP contribution is 2.27. The fourth-order valence-corrected chi connectivity index (χ4v) is 3.87. The van der Waals surface area contributed by atoms with E-state index in [9.17, 15) is 9.59 Å². The second-order valence-electron chi connectivity index (χ2n) is 10.5. The predicted molar refractivity (Wildman–Crippen MR) is 127 cm³/mol. The van der Waals surface area contributed by atoms with Crippen LogP contribution in [-0.2, 0) is 20.9 Å². The van der Waals surface area contributed by atoms with Gasteiger partial charge in [0, 0.05) is 58.0 Å². The molecule has 0 aliphatic carbocycles. The van der Waals surface area contributed by atoms with Crippen LogP contribution in [0.3, 0.4) is 0 Å². The normalized spacial score (nSPS) is 16.5. The van der Waals surface area contributed by atoms with Crippen molar-refractivity contribution < 1.29 is 14.3 Å². The van der Waals surface area contributed by atoms with Gasteiger partial charge in [0.1, 0.15) is 0 Å². The lowest BCUT2D eigenvalue weighted by molar-refractivity contribution is -0.135. The van der Waals surface area contributed by atoms with Crippen LogP contribution < -0.4 is 10.2 Å². The molecule has 1 aromatic carbocycles. The zero-order valence-electron chi connectivity index (χ0n) is 20.5. The number of nitrogens with zero attached hydrogens (tertiary/aromatic N) is 2. The number of ether oxygens (including phenoxy) is 1. The second kappa shape index (κ2) is 11.0. The van der Waals surface area contributed by atoms with Crippen LogP contribution in [0, 0.1) is 11.3 Å². The molecule has 1 heterocycles. The lowest BCUT2D eigenvalue weighted by Gasteiger charge is -2.30. The standard InChI is InChI=1S/C25H41N3O3/c1-18(2)13-23(29)26-20-10-11-22(27(6)7)19(14-20)16-28(17-21-9-8-12-31-21)24(30)15-25(3,4)5/h10-11,14,18,21H,8-9,12-13,15-17H2,1-7H3,(H,26,29). The average molecular weight is 432 g/mol. The number of amides is 2. The summed E-state index contributed by atoms with van der Waals surface area (Å²) in [5.74, 6) is 0.456. The lowest BCUT2D eigenvalue weighted by Crippen LogP contribution is -2.38. The molecule has 6 nitrogen and oxygen atoms in total. The van der Waals surface area contributed by atoms with Crippen molar-refractivity contribution in [3.8, 4) is 0 Å². The van der Waals surface area contributed by atoms with Crippen LogP contribution in [0.25, 0.3) is 0 Å². The summed E-state index contributed by atoms with van der Waals surface area (Å²) in [6.07, 6.45) is 3.11. The highest BCUT2D eigenvalue weighted by molar-refractivity contribution is 5.91. The van der Waals surface area contributed by atoms with Crippen LogP contribution in [-0.4, -0.2) is 50.1 Å². The highest BCUT2D eigenvalue weighted by atomic mass is 16.5. The molecular formula is C25H41N3O3. The molecule has 0 radical (unpaired) electrons. The summed E-state index contributed by atoms with van der Waals surface area (Å²) in [6, 6.07) is 5.94. The first-order chi connectivity index (χ1) is 14.4. The molecular weight excluding hydrogens is 390 g/mol. The molecule has 2 amide bonds. The highest BCUT2D eigenvalue weighted by Gasteiger charge is 2.26. The largest absolute Gasteiger partial charge is 0.377 e. The van der Waals surface area contributed by atoms with E-state index in [4.69, 9.17) is 4.74 Å². The van der Waals surface area contributed by atoms with Gasteiger partial charge in [0.05, 0.1) is 6.10 Å². The van der Waals surface area contributed by atoms with E-state index >= 15 is 0 Å². The predicted octanol–water partition coefficient (Wildman–Crippen LogP) is 4.68. The maximum atomic E-state index is 13.2. The van der Waals surface area contributed by atoms with Crippen molar-refractivity contribution in [1.82, 2.24) is 4.90 Å². The SMILES string of the molecule is CC(C)CC(=O)Nc1ccc(N(C)C)c(CN(CC2CCCO2)C(=O)CC(C)(C)C)c1. The minimum absolute atomic E-state index is 0.0126. The minimum atomic E-state index is -0.0804. The number of benzene rings is 1. The summed E-state index contributed by atoms with van der Waals surface area (Å²) >= 11 is 0. The Morgan fingerprint density at radius 1 is 1.23 bits per heavy atom. The fourth-order valence-electron chi connectivity index (χ4n) is 3.87. The number of hydrogen-bond acceptors (Lipinski definition) is 4. The molecule has 1 N–H and O–H groups in total. The molecule has 0 saturated carbocycles. The van der Waals surface area contributed by atoms with Crippen LogP contribution in [0.4, 0.5) is 11.4 Å². The van der Waals surface area contributed by atoms with Gasteiger partial charge in [-0.25, -0.2) is 0 Å². The monoisotopic (exact) mass is 431 g/mol. The van der Waals surface area contributed by atoms with Gasteiger partial charge in [-0.1, -0.05) is 34.6 Å². The molecule has 31 heavy (non-hydrogen) atoms. The molecule has 1 unspecified atom stereocenters. The Hall–Kier alpha value is -2.08. The second-order valence-corrected chi connectivity index (χ2v) is 10.5. The van der Waals surface area contributed by atoms with Gasteiger partial charge in [-0.3, -0.25) is 9.59 Å². The molecule has 1 aliphatic heterocycles. The van der Waals surface area contributed by atoms with Gasteiger partial charge in [-0.05, 0) is 47.9 Å². The van der Waals surface area contributed by atoms with Gasteiger partial charge in [0.2, 0.25) is 11.8 Å². The molecule has 2 rings (SSSR count). The van der Waals surface area contributed by atoms with E-state index in [0.29, 0.717) is 31.8 Å². The molecule has 1 aromatic rings. The van der Waals surface area contributed by atoms with Crippen molar-refractivity contribution in [1.29, 1.82) is 0 Å². The third-order valence-electron chi connectivity index (χ3n) is 5.28. The van der Waals surface area contributed by atoms with Crippen molar-refractivity contribution >= 4 is 23.2 Å². The Balaban J connectivity index is 2.27. The van der Waals surface area contributed by atoms with Crippen molar-refractivity contribution in [2.75, 3.05) is 37.5 Å². The Labute approximate surface area is 188 Å². The quantitative estimate of drug-likeness (QED) is 0.617. The Morgan fingerprint density at radius 2 is 1.94 bits per heavy atom. The van der Waals surface area contributed by atoms with Crippen LogP contribution in [0.15, 0.2) is 18.2 Å². The minimum Gasteiger partial charge on any atom is -0.377 e. The number of hydrogen-bond donors (Lipinski definition) is 1. The van der Waals surface area contributed by atoms with Crippen molar-refractivity contribution in [3.63, 3.8) is 0 Å². The number of carbonyl (C=O) groups is 2. The van der Waals surface area contributed by atoms with Gasteiger partial charge in [-0.15, -0.1) is 0 Å². The topological polar surface area (TPSA) is 61.9 Å². The molecule has 0 aromatic heterocycles. The first-order valence-electron chi connectivity index (χ1n) is 11.4. The summed E-state index contributed by atoms with van der Waals surface area (Å²) in [7, 11) is 3.99. The smallest absolute Gasteiger partial charge is 0.224 e. The van der Waals surface area contributed by atoms with Crippen LogP contribution in [0.5, 0.6) is 0 Å². The van der Waals surface area contributed by atoms with Gasteiger partial charge >= 0.3 is 0 Å². The maximum absolute atomic E-state index is 13.2. The van der Waals surface area contributed by atoms with E-state index in [1.807, 2.05) is 55.9 Å². The van der Waals surface area contributed by atoms with E-state index in [-0.39, 0.29) is 23.3 Å². The van der Waals surface area contributed by atoms with E-state index in [0.717, 1.165) is 36.4 Å². The molecule has 1 fully saturated rings.